The van der Waals surface area contributed by atoms with Gasteiger partial charge in [-0.05, 0) is 65.2 Å². The number of sulfonamides is 1. The molecule has 3 rings (SSSR count). The van der Waals surface area contributed by atoms with E-state index in [-0.39, 0.29) is 16.3 Å². The van der Waals surface area contributed by atoms with Crippen LogP contribution in [0.5, 0.6) is 5.75 Å². The van der Waals surface area contributed by atoms with E-state index in [1.54, 1.807) is 18.2 Å². The van der Waals surface area contributed by atoms with Gasteiger partial charge in [0.2, 0.25) is 10.0 Å². The zero-order valence-corrected chi connectivity index (χ0v) is 16.2. The first-order valence-corrected chi connectivity index (χ1v) is 10.2. The minimum atomic E-state index is -3.44. The van der Waals surface area contributed by atoms with Gasteiger partial charge >= 0.3 is 0 Å². The van der Waals surface area contributed by atoms with Crippen molar-refractivity contribution in [3.63, 3.8) is 0 Å². The van der Waals surface area contributed by atoms with Crippen LogP contribution in [-0.2, 0) is 10.0 Å². The smallest absolute Gasteiger partial charge is 0.243 e. The van der Waals surface area contributed by atoms with E-state index in [1.807, 2.05) is 0 Å². The number of nitrogens with zero attached hydrogens (tertiary/aromatic N) is 3. The maximum absolute atomic E-state index is 12.5. The molecule has 0 aliphatic carbocycles. The molecule has 2 aromatic rings. The summed E-state index contributed by atoms with van der Waals surface area (Å²) >= 11 is 9.10. The summed E-state index contributed by atoms with van der Waals surface area (Å²) in [7, 11) is -3.44. The molecule has 132 valence electrons. The summed E-state index contributed by atoms with van der Waals surface area (Å²) in [5.41, 5.74) is 0.684. The Kier molecular flexibility index (Phi) is 5.43. The third-order valence-corrected chi connectivity index (χ3v) is 6.56. The average Bonchev–Trinajstić information content (AvgIpc) is 3.12. The first-order chi connectivity index (χ1) is 11.9. The molecule has 1 aliphatic rings. The quantitative estimate of drug-likeness (QED) is 0.673. The number of hydrogen-bond donors (Lipinski definition) is 1. The van der Waals surface area contributed by atoms with E-state index in [0.717, 1.165) is 12.8 Å². The standard InChI is InChI=1S/C16H15BrClN3O3S/c17-14-9-11(18)10-15(16(14)22)20-19-12-3-5-13(6-4-12)25(23,24)21-7-1-2-8-21/h3-6,9-10,22H,1-2,7-8H2. The first-order valence-electron chi connectivity index (χ1n) is 7.58. The van der Waals surface area contributed by atoms with Crippen LogP contribution in [0, 0.1) is 0 Å². The normalized spacial score (nSPS) is 15.9. The minimum Gasteiger partial charge on any atom is -0.505 e. The van der Waals surface area contributed by atoms with Gasteiger partial charge < -0.3 is 5.11 Å². The molecule has 0 unspecified atom stereocenters. The van der Waals surface area contributed by atoms with Crippen molar-refractivity contribution in [1.29, 1.82) is 0 Å². The summed E-state index contributed by atoms with van der Waals surface area (Å²) in [5.74, 6) is -0.0682. The lowest BCUT2D eigenvalue weighted by Crippen LogP contribution is -2.27. The monoisotopic (exact) mass is 443 g/mol. The molecule has 1 saturated heterocycles. The van der Waals surface area contributed by atoms with Crippen LogP contribution in [0.3, 0.4) is 0 Å². The van der Waals surface area contributed by atoms with Crippen LogP contribution < -0.4 is 0 Å². The highest BCUT2D eigenvalue weighted by Gasteiger charge is 2.26. The fraction of sp³-hybridized carbons (Fsp3) is 0.250. The molecule has 0 spiro atoms. The number of hydrogen-bond acceptors (Lipinski definition) is 5. The average molecular weight is 445 g/mol. The fourth-order valence-corrected chi connectivity index (χ4v) is 4.81. The highest BCUT2D eigenvalue weighted by molar-refractivity contribution is 9.10. The Morgan fingerprint density at radius 3 is 2.36 bits per heavy atom. The van der Waals surface area contributed by atoms with Crippen molar-refractivity contribution in [3.8, 4) is 5.75 Å². The summed E-state index contributed by atoms with van der Waals surface area (Å²) < 4.78 is 26.8. The van der Waals surface area contributed by atoms with Crippen LogP contribution in [0.25, 0.3) is 0 Å². The van der Waals surface area contributed by atoms with Gasteiger partial charge in [0.1, 0.15) is 5.69 Å². The van der Waals surface area contributed by atoms with Crippen molar-refractivity contribution in [1.82, 2.24) is 4.31 Å². The largest absolute Gasteiger partial charge is 0.505 e. The van der Waals surface area contributed by atoms with Gasteiger partial charge in [-0.1, -0.05) is 11.6 Å². The predicted octanol–water partition coefficient (Wildman–Crippen LogP) is 5.01. The Labute approximate surface area is 159 Å². The molecule has 6 nitrogen and oxygen atoms in total. The van der Waals surface area contributed by atoms with Crippen molar-refractivity contribution in [2.24, 2.45) is 10.2 Å². The summed E-state index contributed by atoms with van der Waals surface area (Å²) in [5, 5.41) is 18.3. The summed E-state index contributed by atoms with van der Waals surface area (Å²) in [6.45, 7) is 1.12. The summed E-state index contributed by atoms with van der Waals surface area (Å²) in [6.07, 6.45) is 1.79. The zero-order chi connectivity index (χ0) is 18.0. The zero-order valence-electron chi connectivity index (χ0n) is 13.1. The van der Waals surface area contributed by atoms with Crippen molar-refractivity contribution < 1.29 is 13.5 Å². The Morgan fingerprint density at radius 2 is 1.72 bits per heavy atom. The molecule has 1 heterocycles. The molecule has 1 fully saturated rings. The third-order valence-electron chi connectivity index (χ3n) is 3.82. The highest BCUT2D eigenvalue weighted by Crippen LogP contribution is 2.38. The lowest BCUT2D eigenvalue weighted by Gasteiger charge is -2.15. The van der Waals surface area contributed by atoms with Gasteiger partial charge in [0.15, 0.2) is 5.75 Å². The molecule has 1 aliphatic heterocycles. The van der Waals surface area contributed by atoms with Gasteiger partial charge in [-0.15, -0.1) is 5.11 Å². The number of phenolic OH excluding ortho intramolecular Hbond substituents is 1. The molecule has 0 saturated carbocycles. The molecule has 0 atom stereocenters. The van der Waals surface area contributed by atoms with Crippen molar-refractivity contribution in [2.75, 3.05) is 13.1 Å². The van der Waals surface area contributed by atoms with Gasteiger partial charge in [-0.2, -0.15) is 9.42 Å². The van der Waals surface area contributed by atoms with E-state index < -0.39 is 10.0 Å². The van der Waals surface area contributed by atoms with Crippen molar-refractivity contribution >= 4 is 48.9 Å². The van der Waals surface area contributed by atoms with E-state index in [4.69, 9.17) is 11.6 Å². The molecule has 0 aromatic heterocycles. The molecule has 9 heteroatoms. The molecule has 0 radical (unpaired) electrons. The minimum absolute atomic E-state index is 0.0682. The van der Waals surface area contributed by atoms with Gasteiger partial charge in [0, 0.05) is 18.1 Å². The second-order valence-corrected chi connectivity index (χ2v) is 8.79. The Morgan fingerprint density at radius 1 is 1.08 bits per heavy atom. The number of phenols is 1. The second kappa shape index (κ2) is 7.41. The Bertz CT molecular complexity index is 911. The van der Waals surface area contributed by atoms with Gasteiger partial charge in [0.25, 0.3) is 0 Å². The van der Waals surface area contributed by atoms with Crippen LogP contribution in [0.1, 0.15) is 12.8 Å². The van der Waals surface area contributed by atoms with Crippen LogP contribution in [0.2, 0.25) is 5.02 Å². The van der Waals surface area contributed by atoms with Crippen molar-refractivity contribution in [3.05, 3.63) is 45.9 Å². The van der Waals surface area contributed by atoms with Crippen LogP contribution >= 0.6 is 27.5 Å². The van der Waals surface area contributed by atoms with Crippen LogP contribution in [-0.4, -0.2) is 30.9 Å². The number of azo groups is 1. The highest BCUT2D eigenvalue weighted by atomic mass is 79.9. The predicted molar refractivity (Wildman–Crippen MR) is 99.4 cm³/mol. The Balaban J connectivity index is 1.81. The van der Waals surface area contributed by atoms with Crippen LogP contribution in [0.15, 0.2) is 56.0 Å². The maximum atomic E-state index is 12.5. The van der Waals surface area contributed by atoms with E-state index in [2.05, 4.69) is 26.2 Å². The van der Waals surface area contributed by atoms with E-state index in [9.17, 15) is 13.5 Å². The summed E-state index contributed by atoms with van der Waals surface area (Å²) in [6, 6.07) is 9.20. The number of benzene rings is 2. The van der Waals surface area contributed by atoms with Gasteiger partial charge in [0.05, 0.1) is 15.1 Å². The fourth-order valence-electron chi connectivity index (χ4n) is 2.50. The van der Waals surface area contributed by atoms with Gasteiger partial charge in [-0.3, -0.25) is 0 Å². The molecule has 0 amide bonds. The third kappa shape index (κ3) is 4.03. The lowest BCUT2D eigenvalue weighted by molar-refractivity contribution is 0.473. The van der Waals surface area contributed by atoms with E-state index >= 15 is 0 Å². The SMILES string of the molecule is O=S(=O)(c1ccc(N=Nc2cc(Cl)cc(Br)c2O)cc1)N1CCCC1. The maximum Gasteiger partial charge on any atom is 0.243 e. The van der Waals surface area contributed by atoms with E-state index in [0.29, 0.717) is 28.3 Å². The topological polar surface area (TPSA) is 82.3 Å². The number of halogens is 2. The first kappa shape index (κ1) is 18.3. The van der Waals surface area contributed by atoms with Gasteiger partial charge in [-0.25, -0.2) is 8.42 Å². The molecular weight excluding hydrogens is 430 g/mol. The second-order valence-electron chi connectivity index (χ2n) is 5.56. The number of aromatic hydroxyl groups is 1. The summed E-state index contributed by atoms with van der Waals surface area (Å²) in [4.78, 5) is 0.238. The Hall–Kier alpha value is -1.48. The van der Waals surface area contributed by atoms with Crippen molar-refractivity contribution in [2.45, 2.75) is 17.7 Å². The molecule has 2 aromatic carbocycles. The molecule has 0 bridgehead atoms. The molecule has 25 heavy (non-hydrogen) atoms. The molecule has 1 N–H and O–H groups in total. The molecular formula is C16H15BrClN3O3S. The lowest BCUT2D eigenvalue weighted by atomic mass is 10.3. The van der Waals surface area contributed by atoms with Crippen LogP contribution in [0.4, 0.5) is 11.4 Å². The van der Waals surface area contributed by atoms with E-state index in [1.165, 1.54) is 22.5 Å². The number of rotatable bonds is 4.